The summed E-state index contributed by atoms with van der Waals surface area (Å²) in [5.41, 5.74) is 3.78. The van der Waals surface area contributed by atoms with Crippen LogP contribution in [0.4, 0.5) is 0 Å². The molecule has 1 aliphatic heterocycles. The van der Waals surface area contributed by atoms with Crippen LogP contribution in [0.25, 0.3) is 5.57 Å². The van der Waals surface area contributed by atoms with Crippen LogP contribution in [0.3, 0.4) is 0 Å². The van der Waals surface area contributed by atoms with Crippen molar-refractivity contribution in [3.05, 3.63) is 76.5 Å². The third-order valence-electron chi connectivity index (χ3n) is 4.81. The van der Waals surface area contributed by atoms with Gasteiger partial charge in [-0.05, 0) is 63.2 Å². The number of nitrogens with zero attached hydrogens (tertiary/aromatic N) is 2. The molecule has 0 bridgehead atoms. The van der Waals surface area contributed by atoms with Crippen LogP contribution in [-0.2, 0) is 11.2 Å². The van der Waals surface area contributed by atoms with Crippen LogP contribution >= 0.6 is 11.8 Å². The molecule has 1 aromatic carbocycles. The van der Waals surface area contributed by atoms with Gasteiger partial charge in [0.25, 0.3) is 5.91 Å². The van der Waals surface area contributed by atoms with Gasteiger partial charge in [-0.1, -0.05) is 49.9 Å². The lowest BCUT2D eigenvalue weighted by molar-refractivity contribution is -0.126. The van der Waals surface area contributed by atoms with Gasteiger partial charge in [0.1, 0.15) is 11.1 Å². The van der Waals surface area contributed by atoms with Crippen molar-refractivity contribution in [1.29, 1.82) is 0 Å². The number of hydrogen-bond acceptors (Lipinski definition) is 5. The molecule has 1 saturated heterocycles. The molecule has 0 spiro atoms. The average molecular weight is 440 g/mol. The maximum Gasteiger partial charge on any atom is 0.262 e. The molecule has 5 nitrogen and oxygen atoms in total. The average Bonchev–Trinajstić information content (AvgIpc) is 3.12. The predicted molar refractivity (Wildman–Crippen MR) is 131 cm³/mol. The second-order valence-corrected chi connectivity index (χ2v) is 8.19. The Morgan fingerprint density at radius 2 is 2.00 bits per heavy atom. The number of thioether (sulfide) groups is 1. The quantitative estimate of drug-likeness (QED) is 0.609. The Kier molecular flexibility index (Phi) is 9.82. The number of aromatic hydroxyl groups is 1. The van der Waals surface area contributed by atoms with Gasteiger partial charge >= 0.3 is 0 Å². The van der Waals surface area contributed by atoms with Crippen LogP contribution < -0.4 is 5.32 Å². The van der Waals surface area contributed by atoms with Gasteiger partial charge in [0.2, 0.25) is 0 Å². The van der Waals surface area contributed by atoms with Crippen molar-refractivity contribution >= 4 is 23.2 Å². The number of allylic oxidation sites excluding steroid dienone is 3. The van der Waals surface area contributed by atoms with E-state index in [1.54, 1.807) is 24.0 Å². The highest BCUT2D eigenvalue weighted by molar-refractivity contribution is 8.04. The summed E-state index contributed by atoms with van der Waals surface area (Å²) in [6.07, 6.45) is 9.30. The van der Waals surface area contributed by atoms with Gasteiger partial charge in [-0.15, -0.1) is 0 Å². The number of nitrogens with one attached hydrogen (secondary N) is 1. The van der Waals surface area contributed by atoms with E-state index in [1.807, 2.05) is 69.4 Å². The Labute approximate surface area is 190 Å². The molecule has 2 aromatic rings. The van der Waals surface area contributed by atoms with Crippen molar-refractivity contribution in [3.8, 4) is 5.75 Å². The van der Waals surface area contributed by atoms with E-state index in [4.69, 9.17) is 0 Å². The summed E-state index contributed by atoms with van der Waals surface area (Å²) in [5.74, 6) is 0.340. The number of carbonyl (C=O) groups excluding carboxylic acids is 1. The van der Waals surface area contributed by atoms with Crippen molar-refractivity contribution in [2.45, 2.75) is 39.0 Å². The first kappa shape index (κ1) is 24.7. The number of rotatable bonds is 6. The fourth-order valence-corrected chi connectivity index (χ4v) is 4.70. The number of hydrogen-bond donors (Lipinski definition) is 2. The SMILES string of the molecule is CCC=CC(=C1SC(c2cccnc2)N(CC)C1=O)c1ccc(O)c(CC)c1.CNC. The molecular formula is C25H33N3O2S. The number of pyridine rings is 1. The van der Waals surface area contributed by atoms with E-state index in [2.05, 4.69) is 23.3 Å². The zero-order valence-corrected chi connectivity index (χ0v) is 19.9. The summed E-state index contributed by atoms with van der Waals surface area (Å²) in [6, 6.07) is 9.51. The van der Waals surface area contributed by atoms with E-state index < -0.39 is 0 Å². The standard InChI is InChI=1S/C23H26N2O2S.C2H7N/c1-4-7-10-19(17-11-12-20(26)16(5-2)14-17)21-22(27)25(6-3)23(28-21)18-9-8-13-24-15-18;1-3-2/h7-15,23,26H,4-6H2,1-3H3;3H,1-2H3. The van der Waals surface area contributed by atoms with Crippen molar-refractivity contribution < 1.29 is 9.90 Å². The summed E-state index contributed by atoms with van der Waals surface area (Å²) in [4.78, 5) is 20.1. The topological polar surface area (TPSA) is 65.5 Å². The first-order valence-electron chi connectivity index (χ1n) is 10.7. The molecule has 2 N–H and O–H groups in total. The second-order valence-electron chi connectivity index (χ2n) is 7.10. The Bertz CT molecular complexity index is 926. The van der Waals surface area contributed by atoms with Gasteiger partial charge in [0.15, 0.2) is 0 Å². The molecule has 166 valence electrons. The van der Waals surface area contributed by atoms with Gasteiger partial charge in [-0.25, -0.2) is 0 Å². The molecular weight excluding hydrogens is 406 g/mol. The fourth-order valence-electron chi connectivity index (χ4n) is 3.30. The van der Waals surface area contributed by atoms with Gasteiger partial charge in [-0.2, -0.15) is 0 Å². The Hall–Kier alpha value is -2.57. The molecule has 1 aromatic heterocycles. The zero-order chi connectivity index (χ0) is 22.8. The van der Waals surface area contributed by atoms with Gasteiger partial charge < -0.3 is 15.3 Å². The van der Waals surface area contributed by atoms with Gasteiger partial charge in [0, 0.05) is 30.1 Å². The third kappa shape index (κ3) is 5.99. The Balaban J connectivity index is 0.00000107. The van der Waals surface area contributed by atoms with Gasteiger partial charge in [0.05, 0.1) is 4.91 Å². The van der Waals surface area contributed by atoms with Crippen LogP contribution in [0.2, 0.25) is 0 Å². The maximum absolute atomic E-state index is 13.3. The van der Waals surface area contributed by atoms with E-state index >= 15 is 0 Å². The molecule has 1 fully saturated rings. The molecule has 1 unspecified atom stereocenters. The van der Waals surface area contributed by atoms with Crippen molar-refractivity contribution in [2.75, 3.05) is 20.6 Å². The molecule has 31 heavy (non-hydrogen) atoms. The second kappa shape index (κ2) is 12.3. The molecule has 2 heterocycles. The number of phenols is 1. The monoisotopic (exact) mass is 439 g/mol. The minimum Gasteiger partial charge on any atom is -0.508 e. The highest BCUT2D eigenvalue weighted by Crippen LogP contribution is 2.48. The number of likely N-dealkylation sites (N-methyl/N-ethyl adjacent to an activating group) is 1. The lowest BCUT2D eigenvalue weighted by Gasteiger charge is -2.21. The summed E-state index contributed by atoms with van der Waals surface area (Å²) >= 11 is 1.58. The number of aromatic nitrogens is 1. The first-order valence-corrected chi connectivity index (χ1v) is 11.6. The van der Waals surface area contributed by atoms with Crippen LogP contribution in [0, 0.1) is 0 Å². The van der Waals surface area contributed by atoms with Crippen LogP contribution in [0.5, 0.6) is 5.75 Å². The Morgan fingerprint density at radius 1 is 1.26 bits per heavy atom. The molecule has 0 radical (unpaired) electrons. The van der Waals surface area contributed by atoms with Crippen LogP contribution in [0.1, 0.15) is 49.3 Å². The fraction of sp³-hybridized carbons (Fsp3) is 0.360. The van der Waals surface area contributed by atoms with E-state index in [9.17, 15) is 9.90 Å². The third-order valence-corrected chi connectivity index (χ3v) is 6.19. The molecule has 0 saturated carbocycles. The van der Waals surface area contributed by atoms with E-state index in [0.29, 0.717) is 12.3 Å². The van der Waals surface area contributed by atoms with Crippen molar-refractivity contribution in [2.24, 2.45) is 0 Å². The van der Waals surface area contributed by atoms with E-state index in [0.717, 1.165) is 40.0 Å². The highest BCUT2D eigenvalue weighted by Gasteiger charge is 2.37. The smallest absolute Gasteiger partial charge is 0.262 e. The minimum atomic E-state index is -0.0750. The number of amides is 1. The number of carbonyl (C=O) groups is 1. The lowest BCUT2D eigenvalue weighted by atomic mass is 10.00. The number of benzene rings is 1. The predicted octanol–water partition coefficient (Wildman–Crippen LogP) is 5.16. The zero-order valence-electron chi connectivity index (χ0n) is 19.1. The molecule has 6 heteroatoms. The van der Waals surface area contributed by atoms with E-state index in [-0.39, 0.29) is 11.3 Å². The van der Waals surface area contributed by atoms with E-state index in [1.165, 1.54) is 0 Å². The minimum absolute atomic E-state index is 0.0447. The molecule has 1 atom stereocenters. The summed E-state index contributed by atoms with van der Waals surface area (Å²) < 4.78 is 0. The highest BCUT2D eigenvalue weighted by atomic mass is 32.2. The van der Waals surface area contributed by atoms with Crippen LogP contribution in [0.15, 0.2) is 59.8 Å². The van der Waals surface area contributed by atoms with Crippen LogP contribution in [-0.4, -0.2) is 41.5 Å². The van der Waals surface area contributed by atoms with Gasteiger partial charge in [-0.3, -0.25) is 9.78 Å². The molecule has 1 amide bonds. The number of phenolic OH excluding ortho intramolecular Hbond substituents is 1. The van der Waals surface area contributed by atoms with Crippen molar-refractivity contribution in [3.63, 3.8) is 0 Å². The first-order chi connectivity index (χ1) is 15.0. The number of aryl methyl sites for hydroxylation is 1. The molecule has 1 aliphatic rings. The summed E-state index contributed by atoms with van der Waals surface area (Å²) in [6.45, 7) is 6.73. The lowest BCUT2D eigenvalue weighted by Crippen LogP contribution is -2.27. The molecule has 0 aliphatic carbocycles. The maximum atomic E-state index is 13.3. The Morgan fingerprint density at radius 3 is 2.58 bits per heavy atom. The normalized spacial score (nSPS) is 17.6. The molecule has 3 rings (SSSR count). The largest absolute Gasteiger partial charge is 0.508 e. The summed E-state index contributed by atoms with van der Waals surface area (Å²) in [7, 11) is 3.75. The van der Waals surface area contributed by atoms with Crippen molar-refractivity contribution in [1.82, 2.24) is 15.2 Å². The summed E-state index contributed by atoms with van der Waals surface area (Å²) in [5, 5.41) is 12.7.